The first-order chi connectivity index (χ1) is 15.0. The molecule has 11 heteroatoms. The zero-order valence-corrected chi connectivity index (χ0v) is 19.5. The standard InChI is InChI=1S/C21H26N2O8S/c1-13-7-8-14(9-19(13)32(26,27)23(2)3)22-20(24)12-31-21(25)15-10-17(29-5)18(30-6)11-16(15)28-4/h7-11H,12H2,1-6H3,(H,22,24). The third-order valence-electron chi connectivity index (χ3n) is 4.49. The van der Waals surface area contributed by atoms with Gasteiger partial charge in [-0.25, -0.2) is 17.5 Å². The molecule has 10 nitrogen and oxygen atoms in total. The predicted molar refractivity (Wildman–Crippen MR) is 117 cm³/mol. The molecule has 0 spiro atoms. The van der Waals surface area contributed by atoms with E-state index in [9.17, 15) is 18.0 Å². The van der Waals surface area contributed by atoms with E-state index in [-0.39, 0.29) is 21.9 Å². The number of nitrogens with zero attached hydrogens (tertiary/aromatic N) is 1. The first kappa shape index (κ1) is 25.0. The average molecular weight is 467 g/mol. The van der Waals surface area contributed by atoms with E-state index < -0.39 is 28.5 Å². The molecule has 0 radical (unpaired) electrons. The molecule has 1 N–H and O–H groups in total. The molecule has 2 aromatic rings. The lowest BCUT2D eigenvalue weighted by Gasteiger charge is -2.15. The van der Waals surface area contributed by atoms with Crippen LogP contribution in [0.5, 0.6) is 17.2 Å². The number of hydrogen-bond donors (Lipinski definition) is 1. The van der Waals surface area contributed by atoms with Gasteiger partial charge >= 0.3 is 5.97 Å². The minimum atomic E-state index is -3.69. The van der Waals surface area contributed by atoms with Crippen LogP contribution in [0, 0.1) is 6.92 Å². The predicted octanol–water partition coefficient (Wildman–Crippen LogP) is 2.07. The van der Waals surface area contributed by atoms with Crippen LogP contribution in [0.2, 0.25) is 0 Å². The smallest absolute Gasteiger partial charge is 0.342 e. The summed E-state index contributed by atoms with van der Waals surface area (Å²) in [4.78, 5) is 24.8. The fourth-order valence-corrected chi connectivity index (χ4v) is 3.89. The van der Waals surface area contributed by atoms with Gasteiger partial charge in [0, 0.05) is 31.9 Å². The molecule has 0 aromatic heterocycles. The zero-order chi connectivity index (χ0) is 24.1. The molecule has 0 saturated heterocycles. The normalized spacial score (nSPS) is 11.1. The Balaban J connectivity index is 2.13. The van der Waals surface area contributed by atoms with Crippen molar-refractivity contribution in [1.29, 1.82) is 0 Å². The van der Waals surface area contributed by atoms with Gasteiger partial charge in [-0.05, 0) is 24.6 Å². The van der Waals surface area contributed by atoms with Gasteiger partial charge in [0.05, 0.1) is 26.2 Å². The Labute approximate surface area is 187 Å². The number of hydrogen-bond acceptors (Lipinski definition) is 8. The highest BCUT2D eigenvalue weighted by atomic mass is 32.2. The number of anilines is 1. The highest BCUT2D eigenvalue weighted by Crippen LogP contribution is 2.35. The maximum absolute atomic E-state index is 12.5. The summed E-state index contributed by atoms with van der Waals surface area (Å²) in [6.45, 7) is 1.06. The number of nitrogens with one attached hydrogen (secondary N) is 1. The third kappa shape index (κ3) is 5.48. The molecule has 0 atom stereocenters. The lowest BCUT2D eigenvalue weighted by Crippen LogP contribution is -2.24. The molecule has 0 aliphatic rings. The molecule has 2 rings (SSSR count). The van der Waals surface area contributed by atoms with Crippen LogP contribution >= 0.6 is 0 Å². The first-order valence-electron chi connectivity index (χ1n) is 9.35. The fourth-order valence-electron chi connectivity index (χ4n) is 2.75. The largest absolute Gasteiger partial charge is 0.496 e. The van der Waals surface area contributed by atoms with E-state index in [1.165, 1.54) is 53.6 Å². The summed E-state index contributed by atoms with van der Waals surface area (Å²) in [5, 5.41) is 2.52. The van der Waals surface area contributed by atoms with Gasteiger partial charge in [0.15, 0.2) is 18.1 Å². The van der Waals surface area contributed by atoms with Crippen LogP contribution < -0.4 is 19.5 Å². The van der Waals surface area contributed by atoms with Crippen LogP contribution in [0.4, 0.5) is 5.69 Å². The summed E-state index contributed by atoms with van der Waals surface area (Å²) >= 11 is 0. The van der Waals surface area contributed by atoms with E-state index in [1.54, 1.807) is 19.1 Å². The van der Waals surface area contributed by atoms with Crippen LogP contribution in [0.15, 0.2) is 35.2 Å². The Hall–Kier alpha value is -3.31. The highest BCUT2D eigenvalue weighted by molar-refractivity contribution is 7.89. The molecular formula is C21H26N2O8S. The molecule has 2 aromatic carbocycles. The molecule has 0 aliphatic carbocycles. The summed E-state index contributed by atoms with van der Waals surface area (Å²) in [5.74, 6) is -0.613. The fraction of sp³-hybridized carbons (Fsp3) is 0.333. The van der Waals surface area contributed by atoms with E-state index in [0.717, 1.165) is 4.31 Å². The summed E-state index contributed by atoms with van der Waals surface area (Å²) in [6.07, 6.45) is 0. The second kappa shape index (κ2) is 10.3. The van der Waals surface area contributed by atoms with E-state index in [2.05, 4.69) is 5.32 Å². The molecule has 32 heavy (non-hydrogen) atoms. The Morgan fingerprint density at radius 1 is 0.938 bits per heavy atom. The third-order valence-corrected chi connectivity index (χ3v) is 6.45. The lowest BCUT2D eigenvalue weighted by molar-refractivity contribution is -0.119. The number of rotatable bonds is 9. The minimum absolute atomic E-state index is 0.0487. The molecule has 174 valence electrons. The van der Waals surface area contributed by atoms with Crippen molar-refractivity contribution in [1.82, 2.24) is 4.31 Å². The molecule has 0 unspecified atom stereocenters. The van der Waals surface area contributed by atoms with Gasteiger partial charge in [0.2, 0.25) is 10.0 Å². The Bertz CT molecular complexity index is 1110. The van der Waals surface area contributed by atoms with Crippen LogP contribution in [0.25, 0.3) is 0 Å². The maximum atomic E-state index is 12.5. The molecule has 0 fully saturated rings. The number of esters is 1. The van der Waals surface area contributed by atoms with Crippen molar-refractivity contribution in [3.05, 3.63) is 41.5 Å². The Morgan fingerprint density at radius 2 is 1.53 bits per heavy atom. The maximum Gasteiger partial charge on any atom is 0.342 e. The van der Waals surface area contributed by atoms with Crippen LogP contribution in [-0.4, -0.2) is 66.6 Å². The van der Waals surface area contributed by atoms with Gasteiger partial charge < -0.3 is 24.3 Å². The number of benzene rings is 2. The van der Waals surface area contributed by atoms with Gasteiger partial charge in [0.25, 0.3) is 5.91 Å². The topological polar surface area (TPSA) is 120 Å². The molecule has 0 saturated carbocycles. The van der Waals surface area contributed by atoms with E-state index >= 15 is 0 Å². The monoisotopic (exact) mass is 466 g/mol. The van der Waals surface area contributed by atoms with Crippen molar-refractivity contribution in [3.63, 3.8) is 0 Å². The quantitative estimate of drug-likeness (QED) is 0.558. The average Bonchev–Trinajstić information content (AvgIpc) is 2.77. The van der Waals surface area contributed by atoms with Gasteiger partial charge in [-0.15, -0.1) is 0 Å². The van der Waals surface area contributed by atoms with Crippen molar-refractivity contribution < 1.29 is 37.0 Å². The number of sulfonamides is 1. The summed E-state index contributed by atoms with van der Waals surface area (Å²) in [6, 6.07) is 7.33. The Kier molecular flexibility index (Phi) is 8.06. The highest BCUT2D eigenvalue weighted by Gasteiger charge is 2.22. The second-order valence-electron chi connectivity index (χ2n) is 6.80. The lowest BCUT2D eigenvalue weighted by atomic mass is 10.1. The van der Waals surface area contributed by atoms with Gasteiger partial charge in [-0.2, -0.15) is 0 Å². The first-order valence-corrected chi connectivity index (χ1v) is 10.8. The van der Waals surface area contributed by atoms with Gasteiger partial charge in [-0.1, -0.05) is 6.07 Å². The summed E-state index contributed by atoms with van der Waals surface area (Å²) < 4.78 is 46.6. The van der Waals surface area contributed by atoms with E-state index in [4.69, 9.17) is 18.9 Å². The van der Waals surface area contributed by atoms with E-state index in [1.807, 2.05) is 0 Å². The number of ether oxygens (including phenoxy) is 4. The van der Waals surface area contributed by atoms with Gasteiger partial charge in [0.1, 0.15) is 11.3 Å². The zero-order valence-electron chi connectivity index (χ0n) is 18.7. The number of aryl methyl sites for hydroxylation is 1. The van der Waals surface area contributed by atoms with Crippen LogP contribution in [0.1, 0.15) is 15.9 Å². The number of carbonyl (C=O) groups excluding carboxylic acids is 2. The SMILES string of the molecule is COc1cc(OC)c(C(=O)OCC(=O)Nc2ccc(C)c(S(=O)(=O)N(C)C)c2)cc1OC. The second-order valence-corrected chi connectivity index (χ2v) is 8.92. The van der Waals surface area contributed by atoms with Crippen molar-refractivity contribution in [2.75, 3.05) is 47.3 Å². The molecule has 0 bridgehead atoms. The molecular weight excluding hydrogens is 440 g/mol. The Morgan fingerprint density at radius 3 is 2.09 bits per heavy atom. The molecule has 0 aliphatic heterocycles. The number of amides is 1. The van der Waals surface area contributed by atoms with Crippen molar-refractivity contribution in [2.24, 2.45) is 0 Å². The summed E-state index contributed by atoms with van der Waals surface area (Å²) in [7, 11) is 3.39. The van der Waals surface area contributed by atoms with Gasteiger partial charge in [-0.3, -0.25) is 4.79 Å². The van der Waals surface area contributed by atoms with Crippen molar-refractivity contribution in [3.8, 4) is 17.2 Å². The number of carbonyl (C=O) groups is 2. The number of methoxy groups -OCH3 is 3. The van der Waals surface area contributed by atoms with Crippen LogP contribution in [-0.2, 0) is 19.6 Å². The van der Waals surface area contributed by atoms with Crippen molar-refractivity contribution >= 4 is 27.6 Å². The summed E-state index contributed by atoms with van der Waals surface area (Å²) in [5.41, 5.74) is 0.831. The minimum Gasteiger partial charge on any atom is -0.496 e. The molecule has 0 heterocycles. The van der Waals surface area contributed by atoms with Crippen LogP contribution in [0.3, 0.4) is 0 Å². The molecule has 1 amide bonds. The van der Waals surface area contributed by atoms with Crippen molar-refractivity contribution in [2.45, 2.75) is 11.8 Å². The van der Waals surface area contributed by atoms with E-state index in [0.29, 0.717) is 17.1 Å².